The van der Waals surface area contributed by atoms with Crippen molar-refractivity contribution < 1.29 is 4.79 Å². The molecule has 2 aromatic heterocycles. The minimum absolute atomic E-state index is 0.101. The normalized spacial score (nSPS) is 18.3. The minimum atomic E-state index is -0.101. The van der Waals surface area contributed by atoms with Crippen LogP contribution in [0, 0.1) is 0 Å². The van der Waals surface area contributed by atoms with Crippen LogP contribution in [0.15, 0.2) is 42.1 Å². The van der Waals surface area contributed by atoms with Gasteiger partial charge < -0.3 is 5.32 Å². The van der Waals surface area contributed by atoms with Crippen LogP contribution in [0.3, 0.4) is 0 Å². The Morgan fingerprint density at radius 3 is 2.92 bits per heavy atom. The molecule has 3 rings (SSSR count). The van der Waals surface area contributed by atoms with Crippen molar-refractivity contribution in [3.05, 3.63) is 48.0 Å². The Morgan fingerprint density at radius 2 is 2.21 bits per heavy atom. The van der Waals surface area contributed by atoms with Gasteiger partial charge in [0.1, 0.15) is 0 Å². The molecule has 1 aliphatic heterocycles. The number of hydrogen-bond acceptors (Lipinski definition) is 6. The molecule has 0 radical (unpaired) electrons. The molecule has 2 aromatic rings. The molecule has 24 heavy (non-hydrogen) atoms. The number of likely N-dealkylation sites (tertiary alicyclic amines) is 1. The van der Waals surface area contributed by atoms with E-state index in [-0.39, 0.29) is 11.9 Å². The average Bonchev–Trinajstić information content (AvgIpc) is 2.63. The van der Waals surface area contributed by atoms with Crippen molar-refractivity contribution in [2.75, 3.05) is 19.3 Å². The zero-order valence-corrected chi connectivity index (χ0v) is 14.5. The summed E-state index contributed by atoms with van der Waals surface area (Å²) >= 11 is 1.46. The van der Waals surface area contributed by atoms with Gasteiger partial charge in [0.2, 0.25) is 0 Å². The third kappa shape index (κ3) is 4.52. The number of aromatic nitrogens is 3. The maximum atomic E-state index is 12.4. The zero-order valence-electron chi connectivity index (χ0n) is 13.7. The second-order valence-electron chi connectivity index (χ2n) is 5.87. The highest BCUT2D eigenvalue weighted by Gasteiger charge is 2.22. The van der Waals surface area contributed by atoms with Gasteiger partial charge in [0.05, 0.1) is 5.56 Å². The van der Waals surface area contributed by atoms with E-state index in [0.717, 1.165) is 32.5 Å². The summed E-state index contributed by atoms with van der Waals surface area (Å²) in [4.78, 5) is 27.2. The van der Waals surface area contributed by atoms with Gasteiger partial charge in [-0.1, -0.05) is 17.8 Å². The van der Waals surface area contributed by atoms with Crippen LogP contribution >= 0.6 is 11.8 Å². The van der Waals surface area contributed by atoms with E-state index in [0.29, 0.717) is 10.7 Å². The Hall–Kier alpha value is -1.99. The number of carbonyl (C=O) groups excluding carboxylic acids is 1. The topological polar surface area (TPSA) is 71.0 Å². The van der Waals surface area contributed by atoms with E-state index in [9.17, 15) is 4.79 Å². The molecule has 6 nitrogen and oxygen atoms in total. The third-order valence-corrected chi connectivity index (χ3v) is 4.62. The maximum Gasteiger partial charge on any atom is 0.254 e. The Kier molecular flexibility index (Phi) is 5.77. The molecule has 0 aromatic carbocycles. The largest absolute Gasteiger partial charge is 0.348 e. The van der Waals surface area contributed by atoms with Crippen molar-refractivity contribution in [1.29, 1.82) is 0 Å². The number of carbonyl (C=O) groups is 1. The molecular formula is C17H21N5OS. The molecule has 1 amide bonds. The average molecular weight is 343 g/mol. The first-order chi connectivity index (χ1) is 11.7. The van der Waals surface area contributed by atoms with E-state index in [4.69, 9.17) is 0 Å². The lowest BCUT2D eigenvalue weighted by atomic mass is 10.0. The van der Waals surface area contributed by atoms with Crippen molar-refractivity contribution in [3.63, 3.8) is 0 Å². The molecule has 3 heterocycles. The van der Waals surface area contributed by atoms with Crippen molar-refractivity contribution in [2.24, 2.45) is 0 Å². The summed E-state index contributed by atoms with van der Waals surface area (Å²) in [5.74, 6) is -0.101. The Balaban J connectivity index is 1.55. The van der Waals surface area contributed by atoms with Crippen LogP contribution in [-0.4, -0.2) is 51.1 Å². The highest BCUT2D eigenvalue weighted by molar-refractivity contribution is 7.98. The fraction of sp³-hybridized carbons (Fsp3) is 0.412. The van der Waals surface area contributed by atoms with Gasteiger partial charge in [0.25, 0.3) is 5.91 Å². The second-order valence-corrected chi connectivity index (χ2v) is 6.64. The summed E-state index contributed by atoms with van der Waals surface area (Å²) in [6.45, 7) is 2.77. The predicted molar refractivity (Wildman–Crippen MR) is 93.8 cm³/mol. The van der Waals surface area contributed by atoms with Gasteiger partial charge in [-0.25, -0.2) is 9.97 Å². The van der Waals surface area contributed by atoms with E-state index in [1.807, 2.05) is 18.5 Å². The van der Waals surface area contributed by atoms with Crippen molar-refractivity contribution in [1.82, 2.24) is 25.2 Å². The first-order valence-electron chi connectivity index (χ1n) is 8.03. The van der Waals surface area contributed by atoms with E-state index in [1.54, 1.807) is 18.6 Å². The van der Waals surface area contributed by atoms with E-state index in [2.05, 4.69) is 31.2 Å². The minimum Gasteiger partial charge on any atom is -0.348 e. The molecule has 1 N–H and O–H groups in total. The molecule has 1 saturated heterocycles. The van der Waals surface area contributed by atoms with Gasteiger partial charge in [0, 0.05) is 43.9 Å². The Bertz CT molecular complexity index is 664. The SMILES string of the molecule is CSc1ncc(C(=O)NC2CCCN(Cc3cccnc3)C2)cn1. The zero-order chi connectivity index (χ0) is 16.8. The molecule has 0 bridgehead atoms. The van der Waals surface area contributed by atoms with Crippen LogP contribution in [0.5, 0.6) is 0 Å². The predicted octanol–water partition coefficient (Wildman–Crippen LogP) is 1.99. The number of nitrogens with one attached hydrogen (secondary N) is 1. The quantitative estimate of drug-likeness (QED) is 0.661. The fourth-order valence-electron chi connectivity index (χ4n) is 2.87. The summed E-state index contributed by atoms with van der Waals surface area (Å²) in [6, 6.07) is 4.19. The first-order valence-corrected chi connectivity index (χ1v) is 9.25. The second kappa shape index (κ2) is 8.21. The van der Waals surface area contributed by atoms with Gasteiger partial charge in [-0.15, -0.1) is 0 Å². The number of amides is 1. The molecule has 1 unspecified atom stereocenters. The molecule has 7 heteroatoms. The number of nitrogens with zero attached hydrogens (tertiary/aromatic N) is 4. The van der Waals surface area contributed by atoms with Gasteiger partial charge in [0.15, 0.2) is 5.16 Å². The summed E-state index contributed by atoms with van der Waals surface area (Å²) in [5.41, 5.74) is 1.71. The van der Waals surface area contributed by atoms with E-state index >= 15 is 0 Å². The number of pyridine rings is 1. The summed E-state index contributed by atoms with van der Waals surface area (Å²) in [5, 5.41) is 3.78. The molecular weight excluding hydrogens is 322 g/mol. The summed E-state index contributed by atoms with van der Waals surface area (Å²) in [7, 11) is 0. The fourth-order valence-corrected chi connectivity index (χ4v) is 3.19. The molecule has 1 aliphatic rings. The first kappa shape index (κ1) is 16.9. The lowest BCUT2D eigenvalue weighted by Gasteiger charge is -2.33. The van der Waals surface area contributed by atoms with Gasteiger partial charge in [-0.05, 0) is 37.3 Å². The Labute approximate surface area is 146 Å². The smallest absolute Gasteiger partial charge is 0.254 e. The van der Waals surface area contributed by atoms with E-state index in [1.165, 1.54) is 17.3 Å². The number of hydrogen-bond donors (Lipinski definition) is 1. The molecule has 126 valence electrons. The van der Waals surface area contributed by atoms with Crippen LogP contribution < -0.4 is 5.32 Å². The molecule has 0 saturated carbocycles. The summed E-state index contributed by atoms with van der Waals surface area (Å²) in [6.07, 6.45) is 10.8. The standard InChI is InChI=1S/C17H21N5OS/c1-24-17-19-9-14(10-20-17)16(23)21-15-5-3-7-22(12-15)11-13-4-2-6-18-8-13/h2,4,6,8-10,15H,3,5,7,11-12H2,1H3,(H,21,23). The molecule has 0 aliphatic carbocycles. The highest BCUT2D eigenvalue weighted by Crippen LogP contribution is 2.14. The third-order valence-electron chi connectivity index (χ3n) is 4.04. The van der Waals surface area contributed by atoms with Gasteiger partial charge >= 0.3 is 0 Å². The van der Waals surface area contributed by atoms with Gasteiger partial charge in [-0.3, -0.25) is 14.7 Å². The van der Waals surface area contributed by atoms with Crippen LogP contribution in [0.25, 0.3) is 0 Å². The van der Waals surface area contributed by atoms with Crippen LogP contribution in [-0.2, 0) is 6.54 Å². The monoisotopic (exact) mass is 343 g/mol. The molecule has 0 spiro atoms. The lowest BCUT2D eigenvalue weighted by Crippen LogP contribution is -2.47. The van der Waals surface area contributed by atoms with Crippen molar-refractivity contribution >= 4 is 17.7 Å². The number of rotatable bonds is 5. The van der Waals surface area contributed by atoms with Crippen molar-refractivity contribution in [3.8, 4) is 0 Å². The van der Waals surface area contributed by atoms with Gasteiger partial charge in [-0.2, -0.15) is 0 Å². The Morgan fingerprint density at radius 1 is 1.38 bits per heavy atom. The molecule has 1 fully saturated rings. The lowest BCUT2D eigenvalue weighted by molar-refractivity contribution is 0.0900. The number of piperidine rings is 1. The summed E-state index contributed by atoms with van der Waals surface area (Å²) < 4.78 is 0. The van der Waals surface area contributed by atoms with Crippen molar-refractivity contribution in [2.45, 2.75) is 30.6 Å². The molecule has 1 atom stereocenters. The van der Waals surface area contributed by atoms with Crippen LogP contribution in [0.1, 0.15) is 28.8 Å². The van der Waals surface area contributed by atoms with Crippen LogP contribution in [0.4, 0.5) is 0 Å². The maximum absolute atomic E-state index is 12.4. The van der Waals surface area contributed by atoms with Crippen LogP contribution in [0.2, 0.25) is 0 Å². The highest BCUT2D eigenvalue weighted by atomic mass is 32.2. The number of thioether (sulfide) groups is 1. The van der Waals surface area contributed by atoms with E-state index < -0.39 is 0 Å².